The molecule has 1 N–H and O–H groups in total. The van der Waals surface area contributed by atoms with E-state index < -0.39 is 6.36 Å². The van der Waals surface area contributed by atoms with E-state index in [9.17, 15) is 13.2 Å². The highest BCUT2D eigenvalue weighted by atomic mass is 32.1. The van der Waals surface area contributed by atoms with Crippen molar-refractivity contribution < 1.29 is 17.9 Å². The molecule has 0 fully saturated rings. The largest absolute Gasteiger partial charge is 0.573 e. The summed E-state index contributed by atoms with van der Waals surface area (Å²) in [4.78, 5) is 2.77. The van der Waals surface area contributed by atoms with Crippen molar-refractivity contribution in [1.29, 1.82) is 0 Å². The summed E-state index contributed by atoms with van der Waals surface area (Å²) in [5.74, 6) is -0.288. The van der Waals surface area contributed by atoms with Gasteiger partial charge in [-0.15, -0.1) is 13.2 Å². The van der Waals surface area contributed by atoms with Gasteiger partial charge in [0.15, 0.2) is 10.5 Å². The van der Waals surface area contributed by atoms with E-state index in [1.165, 1.54) is 22.8 Å². The lowest BCUT2D eigenvalue weighted by Crippen LogP contribution is -2.18. The highest BCUT2D eigenvalue weighted by Crippen LogP contribution is 2.29. The average molecular weight is 274 g/mol. The smallest absolute Gasteiger partial charge is 0.404 e. The van der Waals surface area contributed by atoms with Crippen LogP contribution < -0.4 is 4.74 Å². The third-order valence-electron chi connectivity index (χ3n) is 2.29. The number of aryl methyl sites for hydroxylation is 1. The number of alkyl halides is 3. The number of H-pyrrole nitrogens is 1. The number of aromatic amines is 1. The number of nitrogens with zero attached hydrogens (tertiary/aromatic N) is 1. The quantitative estimate of drug-likeness (QED) is 0.845. The molecule has 1 aromatic heterocycles. The van der Waals surface area contributed by atoms with Crippen molar-refractivity contribution in [2.75, 3.05) is 0 Å². The topological polar surface area (TPSA) is 29.9 Å². The Morgan fingerprint density at radius 1 is 1.28 bits per heavy atom. The molecule has 2 rings (SSSR count). The van der Waals surface area contributed by atoms with Gasteiger partial charge in [-0.3, -0.25) is 4.57 Å². The van der Waals surface area contributed by atoms with E-state index >= 15 is 0 Å². The maximum absolute atomic E-state index is 12.3. The molecule has 96 valence electrons. The van der Waals surface area contributed by atoms with Crippen LogP contribution in [0.2, 0.25) is 0 Å². The molecule has 1 aromatic carbocycles. The van der Waals surface area contributed by atoms with Gasteiger partial charge in [-0.25, -0.2) is 0 Å². The zero-order valence-corrected chi connectivity index (χ0v) is 10.1. The first-order valence-corrected chi connectivity index (χ1v) is 5.41. The van der Waals surface area contributed by atoms with E-state index in [0.29, 0.717) is 10.5 Å². The number of hydrogen-bond donors (Lipinski definition) is 1. The molecular weight excluding hydrogens is 265 g/mol. The van der Waals surface area contributed by atoms with Gasteiger partial charge in [0.05, 0.1) is 5.69 Å². The normalized spacial score (nSPS) is 11.6. The Kier molecular flexibility index (Phi) is 3.16. The maximum Gasteiger partial charge on any atom is 0.573 e. The van der Waals surface area contributed by atoms with Crippen LogP contribution in [0.5, 0.6) is 5.75 Å². The van der Waals surface area contributed by atoms with Crippen LogP contribution in [0, 0.1) is 11.7 Å². The minimum atomic E-state index is -4.73. The molecule has 0 saturated carbocycles. The van der Waals surface area contributed by atoms with Gasteiger partial charge in [0.1, 0.15) is 0 Å². The van der Waals surface area contributed by atoms with Crippen molar-refractivity contribution in [2.45, 2.75) is 13.3 Å². The van der Waals surface area contributed by atoms with Crippen LogP contribution >= 0.6 is 12.2 Å². The maximum atomic E-state index is 12.3. The lowest BCUT2D eigenvalue weighted by Gasteiger charge is -2.14. The van der Waals surface area contributed by atoms with Gasteiger partial charge in [0.25, 0.3) is 0 Å². The fourth-order valence-corrected chi connectivity index (χ4v) is 1.91. The lowest BCUT2D eigenvalue weighted by atomic mass is 10.3. The van der Waals surface area contributed by atoms with Gasteiger partial charge in [-0.2, -0.15) is 0 Å². The molecule has 18 heavy (non-hydrogen) atoms. The Labute approximate surface area is 106 Å². The minimum absolute atomic E-state index is 0.249. The molecule has 0 unspecified atom stereocenters. The Morgan fingerprint density at radius 2 is 1.94 bits per heavy atom. The summed E-state index contributed by atoms with van der Waals surface area (Å²) in [6.07, 6.45) is -3.12. The molecule has 0 radical (unpaired) electrons. The Bertz CT molecular complexity index is 615. The molecule has 7 heteroatoms. The average Bonchev–Trinajstić information content (AvgIpc) is 2.58. The number of benzene rings is 1. The van der Waals surface area contributed by atoms with Crippen LogP contribution in [-0.2, 0) is 0 Å². The van der Waals surface area contributed by atoms with Crippen molar-refractivity contribution in [1.82, 2.24) is 9.55 Å². The SMILES string of the molecule is Cc1c[nH]c(=S)n1-c1ccccc1OC(F)(F)F. The summed E-state index contributed by atoms with van der Waals surface area (Å²) in [7, 11) is 0. The van der Waals surface area contributed by atoms with Gasteiger partial charge in [-0.1, -0.05) is 12.1 Å². The van der Waals surface area contributed by atoms with Gasteiger partial charge in [0.2, 0.25) is 0 Å². The van der Waals surface area contributed by atoms with Crippen LogP contribution in [0.15, 0.2) is 30.5 Å². The standard InChI is InChI=1S/C11H9F3N2OS/c1-7-6-15-10(18)16(7)8-4-2-3-5-9(8)17-11(12,13)14/h2-6H,1H3,(H,15,18). The van der Waals surface area contributed by atoms with Crippen molar-refractivity contribution in [3.05, 3.63) is 40.9 Å². The molecule has 0 aliphatic carbocycles. The molecule has 0 amide bonds. The number of halogens is 3. The highest BCUT2D eigenvalue weighted by Gasteiger charge is 2.32. The van der Waals surface area contributed by atoms with Crippen molar-refractivity contribution >= 4 is 12.2 Å². The number of para-hydroxylation sites is 2. The number of imidazole rings is 1. The molecule has 3 nitrogen and oxygen atoms in total. The number of ether oxygens (including phenoxy) is 1. The molecular formula is C11H9F3N2OS. The monoisotopic (exact) mass is 274 g/mol. The summed E-state index contributed by atoms with van der Waals surface area (Å²) in [6, 6.07) is 5.84. The van der Waals surface area contributed by atoms with Gasteiger partial charge in [-0.05, 0) is 31.3 Å². The third kappa shape index (κ3) is 2.56. The molecule has 0 bridgehead atoms. The van der Waals surface area contributed by atoms with E-state index in [1.807, 2.05) is 0 Å². The number of nitrogens with one attached hydrogen (secondary N) is 1. The minimum Gasteiger partial charge on any atom is -0.404 e. The predicted molar refractivity (Wildman–Crippen MR) is 62.4 cm³/mol. The van der Waals surface area contributed by atoms with Crippen molar-refractivity contribution in [2.24, 2.45) is 0 Å². The summed E-state index contributed by atoms with van der Waals surface area (Å²) in [5, 5.41) is 0. The van der Waals surface area contributed by atoms with Gasteiger partial charge in [0, 0.05) is 11.9 Å². The predicted octanol–water partition coefficient (Wildman–Crippen LogP) is 3.74. The molecule has 0 atom stereocenters. The van der Waals surface area contributed by atoms with Crippen LogP contribution in [0.1, 0.15) is 5.69 Å². The Balaban J connectivity index is 2.56. The van der Waals surface area contributed by atoms with E-state index in [2.05, 4.69) is 9.72 Å². The van der Waals surface area contributed by atoms with E-state index in [-0.39, 0.29) is 11.4 Å². The molecule has 0 spiro atoms. The zero-order valence-electron chi connectivity index (χ0n) is 9.28. The van der Waals surface area contributed by atoms with Crippen LogP contribution in [0.4, 0.5) is 13.2 Å². The second-order valence-electron chi connectivity index (χ2n) is 3.59. The van der Waals surface area contributed by atoms with E-state index in [4.69, 9.17) is 12.2 Å². The summed E-state index contributed by atoms with van der Waals surface area (Å²) < 4.78 is 42.7. The Morgan fingerprint density at radius 3 is 2.50 bits per heavy atom. The van der Waals surface area contributed by atoms with Crippen LogP contribution in [0.25, 0.3) is 5.69 Å². The van der Waals surface area contributed by atoms with Gasteiger partial charge < -0.3 is 9.72 Å². The number of aromatic nitrogens is 2. The summed E-state index contributed by atoms with van der Waals surface area (Å²) in [6.45, 7) is 1.73. The summed E-state index contributed by atoms with van der Waals surface area (Å²) in [5.41, 5.74) is 0.941. The third-order valence-corrected chi connectivity index (χ3v) is 2.59. The molecule has 0 saturated heterocycles. The van der Waals surface area contributed by atoms with Crippen LogP contribution in [0.3, 0.4) is 0 Å². The number of rotatable bonds is 2. The first-order chi connectivity index (χ1) is 8.38. The summed E-state index contributed by atoms with van der Waals surface area (Å²) >= 11 is 5.03. The number of hydrogen-bond acceptors (Lipinski definition) is 2. The lowest BCUT2D eigenvalue weighted by molar-refractivity contribution is -0.274. The van der Waals surface area contributed by atoms with Crippen molar-refractivity contribution in [3.8, 4) is 11.4 Å². The first kappa shape index (κ1) is 12.7. The van der Waals surface area contributed by atoms with E-state index in [0.717, 1.165) is 0 Å². The first-order valence-electron chi connectivity index (χ1n) is 5.00. The fourth-order valence-electron chi connectivity index (χ4n) is 1.61. The van der Waals surface area contributed by atoms with Gasteiger partial charge >= 0.3 is 6.36 Å². The highest BCUT2D eigenvalue weighted by molar-refractivity contribution is 7.71. The second-order valence-corrected chi connectivity index (χ2v) is 3.97. The van der Waals surface area contributed by atoms with E-state index in [1.54, 1.807) is 19.2 Å². The molecule has 2 aromatic rings. The van der Waals surface area contributed by atoms with Crippen LogP contribution in [-0.4, -0.2) is 15.9 Å². The molecule has 0 aliphatic rings. The second kappa shape index (κ2) is 4.49. The van der Waals surface area contributed by atoms with Crippen molar-refractivity contribution in [3.63, 3.8) is 0 Å². The Hall–Kier alpha value is -1.76. The molecule has 0 aliphatic heterocycles. The molecule has 1 heterocycles. The zero-order chi connectivity index (χ0) is 13.3. The fraction of sp³-hybridized carbons (Fsp3) is 0.182.